The van der Waals surface area contributed by atoms with E-state index in [1.807, 2.05) is 0 Å². The van der Waals surface area contributed by atoms with Crippen LogP contribution in [-0.2, 0) is 14.3 Å². The molecule has 1 unspecified atom stereocenters. The molecule has 0 saturated carbocycles. The summed E-state index contributed by atoms with van der Waals surface area (Å²) in [6.07, 6.45) is 65.5. The molecular weight excluding hydrogens is 677 g/mol. The van der Waals surface area contributed by atoms with Crippen LogP contribution in [0.1, 0.15) is 219 Å². The second-order valence-electron chi connectivity index (χ2n) is 15.4. The lowest BCUT2D eigenvalue weighted by molar-refractivity contribution is -0.154. The summed E-state index contributed by atoms with van der Waals surface area (Å²) in [6, 6.07) is 0. The summed E-state index contributed by atoms with van der Waals surface area (Å²) in [5.41, 5.74) is 0. The first-order chi connectivity index (χ1) is 27.2. The minimum atomic E-state index is -0.549. The van der Waals surface area contributed by atoms with Crippen LogP contribution >= 0.6 is 0 Å². The zero-order valence-corrected chi connectivity index (χ0v) is 36.4. The van der Waals surface area contributed by atoms with E-state index in [1.165, 1.54) is 135 Å². The molecule has 0 aliphatic carbocycles. The number of rotatable bonds is 43. The van der Waals surface area contributed by atoms with E-state index < -0.39 is 6.10 Å². The second-order valence-corrected chi connectivity index (χ2v) is 15.4. The third-order valence-electron chi connectivity index (χ3n) is 10.0. The summed E-state index contributed by atoms with van der Waals surface area (Å²) < 4.78 is 11.2. The summed E-state index contributed by atoms with van der Waals surface area (Å²) in [5, 5.41) is 9.63. The van der Waals surface area contributed by atoms with Gasteiger partial charge in [-0.3, -0.25) is 4.79 Å². The Hall–Kier alpha value is -2.17. The van der Waals surface area contributed by atoms with Gasteiger partial charge in [0.15, 0.2) is 0 Å². The molecule has 318 valence electrons. The number of allylic oxidation sites excluding steroid dienone is 12. The molecule has 0 fully saturated rings. The van der Waals surface area contributed by atoms with Gasteiger partial charge in [-0.05, 0) is 83.5 Å². The number of aliphatic hydroxyl groups excluding tert-OH is 1. The van der Waals surface area contributed by atoms with Gasteiger partial charge in [0.1, 0.15) is 6.10 Å². The van der Waals surface area contributed by atoms with Crippen molar-refractivity contribution >= 4 is 5.97 Å². The molecule has 1 N–H and O–H groups in total. The van der Waals surface area contributed by atoms with Crippen LogP contribution in [0.3, 0.4) is 0 Å². The fourth-order valence-corrected chi connectivity index (χ4v) is 6.53. The van der Waals surface area contributed by atoms with Gasteiger partial charge < -0.3 is 14.6 Å². The smallest absolute Gasteiger partial charge is 0.306 e. The van der Waals surface area contributed by atoms with E-state index in [0.717, 1.165) is 64.2 Å². The molecule has 4 heteroatoms. The molecule has 0 aliphatic rings. The molecule has 0 aliphatic heterocycles. The Labute approximate surface area is 342 Å². The minimum Gasteiger partial charge on any atom is -0.457 e. The molecule has 0 aromatic rings. The summed E-state index contributed by atoms with van der Waals surface area (Å²) in [6.45, 7) is 5.22. The van der Waals surface area contributed by atoms with Crippen molar-refractivity contribution in [1.29, 1.82) is 0 Å². The van der Waals surface area contributed by atoms with Crippen molar-refractivity contribution in [2.45, 2.75) is 225 Å². The number of carbonyl (C=O) groups excluding carboxylic acids is 1. The van der Waals surface area contributed by atoms with Crippen LogP contribution < -0.4 is 0 Å². The molecule has 0 bridgehead atoms. The number of esters is 1. The Bertz CT molecular complexity index is 942. The van der Waals surface area contributed by atoms with Gasteiger partial charge in [0.05, 0.1) is 13.2 Å². The van der Waals surface area contributed by atoms with Crippen molar-refractivity contribution in [2.75, 3.05) is 19.8 Å². The van der Waals surface area contributed by atoms with Gasteiger partial charge in [0.25, 0.3) is 0 Å². The van der Waals surface area contributed by atoms with E-state index in [0.29, 0.717) is 13.0 Å². The summed E-state index contributed by atoms with van der Waals surface area (Å²) in [5.74, 6) is -0.220. The zero-order chi connectivity index (χ0) is 39.8. The molecule has 0 radical (unpaired) electrons. The highest BCUT2D eigenvalue weighted by atomic mass is 16.6. The summed E-state index contributed by atoms with van der Waals surface area (Å²) in [4.78, 5) is 12.2. The van der Waals surface area contributed by atoms with Crippen LogP contribution in [0, 0.1) is 0 Å². The van der Waals surface area contributed by atoms with Crippen LogP contribution in [0.5, 0.6) is 0 Å². The molecule has 0 rings (SSSR count). The average molecular weight is 767 g/mol. The predicted octanol–water partition coefficient (Wildman–Crippen LogP) is 15.8. The highest BCUT2D eigenvalue weighted by Gasteiger charge is 2.13. The van der Waals surface area contributed by atoms with Crippen molar-refractivity contribution in [3.8, 4) is 0 Å². The maximum absolute atomic E-state index is 12.2. The number of hydrogen-bond donors (Lipinski definition) is 1. The van der Waals surface area contributed by atoms with Crippen molar-refractivity contribution in [2.24, 2.45) is 0 Å². The molecule has 0 saturated heterocycles. The molecular formula is C51H90O4. The summed E-state index contributed by atoms with van der Waals surface area (Å²) in [7, 11) is 0. The van der Waals surface area contributed by atoms with Crippen LogP contribution in [-0.4, -0.2) is 37.0 Å². The molecule has 0 aromatic carbocycles. The number of aliphatic hydroxyl groups is 1. The Morgan fingerprint density at radius 2 is 0.818 bits per heavy atom. The van der Waals surface area contributed by atoms with Gasteiger partial charge in [0, 0.05) is 13.0 Å². The standard InChI is InChI=1S/C51H90O4/c1-3-5-7-9-11-13-15-17-19-21-23-25-27-29-31-33-35-37-39-41-43-45-47-54-49-50(48-52)55-51(53)46-44-42-40-38-36-34-32-30-28-26-24-22-20-18-16-14-12-10-8-6-4-2/h6,8,12,14,18,20-21,23-24,26,30,32,50,52H,3-5,7,9-11,13,15-17,19,22,25,27-29,31,33-49H2,1-2H3/b8-6-,14-12-,20-18-,23-21-,26-24-,32-30-. The van der Waals surface area contributed by atoms with E-state index in [-0.39, 0.29) is 19.2 Å². The maximum Gasteiger partial charge on any atom is 0.306 e. The largest absolute Gasteiger partial charge is 0.457 e. The third kappa shape index (κ3) is 46.1. The van der Waals surface area contributed by atoms with Crippen LogP contribution in [0.4, 0.5) is 0 Å². The fraction of sp³-hybridized carbons (Fsp3) is 0.745. The molecule has 0 aromatic heterocycles. The first-order valence-electron chi connectivity index (χ1n) is 23.5. The number of ether oxygens (including phenoxy) is 2. The molecule has 0 amide bonds. The van der Waals surface area contributed by atoms with Gasteiger partial charge in [-0.1, -0.05) is 202 Å². The van der Waals surface area contributed by atoms with Gasteiger partial charge in [-0.25, -0.2) is 0 Å². The van der Waals surface area contributed by atoms with E-state index in [9.17, 15) is 9.90 Å². The maximum atomic E-state index is 12.2. The second kappa shape index (κ2) is 48.0. The number of hydrogen-bond acceptors (Lipinski definition) is 4. The molecule has 55 heavy (non-hydrogen) atoms. The Balaban J connectivity index is 3.48. The van der Waals surface area contributed by atoms with E-state index in [4.69, 9.17) is 9.47 Å². The topological polar surface area (TPSA) is 55.8 Å². The third-order valence-corrected chi connectivity index (χ3v) is 10.0. The molecule has 0 heterocycles. The van der Waals surface area contributed by atoms with Crippen molar-refractivity contribution in [3.63, 3.8) is 0 Å². The van der Waals surface area contributed by atoms with Gasteiger partial charge >= 0.3 is 5.97 Å². The Morgan fingerprint density at radius 1 is 0.455 bits per heavy atom. The summed E-state index contributed by atoms with van der Waals surface area (Å²) >= 11 is 0. The van der Waals surface area contributed by atoms with E-state index in [1.54, 1.807) is 0 Å². The minimum absolute atomic E-state index is 0.183. The fourth-order valence-electron chi connectivity index (χ4n) is 6.53. The number of carbonyl (C=O) groups is 1. The van der Waals surface area contributed by atoms with E-state index >= 15 is 0 Å². The zero-order valence-electron chi connectivity index (χ0n) is 36.4. The highest BCUT2D eigenvalue weighted by Crippen LogP contribution is 2.14. The van der Waals surface area contributed by atoms with Crippen molar-refractivity contribution in [1.82, 2.24) is 0 Å². The van der Waals surface area contributed by atoms with Gasteiger partial charge in [-0.15, -0.1) is 0 Å². The lowest BCUT2D eigenvalue weighted by Gasteiger charge is -2.15. The quantitative estimate of drug-likeness (QED) is 0.0381. The Morgan fingerprint density at radius 3 is 1.25 bits per heavy atom. The SMILES string of the molecule is CC/C=C\C/C=C\C/C=C\C/C=C\C/C=C\CCCCCCCC(=O)OC(CO)COCCCCCCCCCCCC/C=C\CCCCCCCCCC. The monoisotopic (exact) mass is 767 g/mol. The number of unbranched alkanes of at least 4 members (excludes halogenated alkanes) is 23. The Kier molecular flexibility index (Phi) is 46.1. The van der Waals surface area contributed by atoms with Crippen LogP contribution in [0.15, 0.2) is 72.9 Å². The van der Waals surface area contributed by atoms with Crippen molar-refractivity contribution in [3.05, 3.63) is 72.9 Å². The molecule has 0 spiro atoms. The highest BCUT2D eigenvalue weighted by molar-refractivity contribution is 5.69. The molecule has 4 nitrogen and oxygen atoms in total. The lowest BCUT2D eigenvalue weighted by atomic mass is 10.1. The van der Waals surface area contributed by atoms with Crippen LogP contribution in [0.2, 0.25) is 0 Å². The van der Waals surface area contributed by atoms with Crippen LogP contribution in [0.25, 0.3) is 0 Å². The first-order valence-corrected chi connectivity index (χ1v) is 23.5. The average Bonchev–Trinajstić information content (AvgIpc) is 3.19. The van der Waals surface area contributed by atoms with E-state index in [2.05, 4.69) is 86.8 Å². The van der Waals surface area contributed by atoms with Crippen molar-refractivity contribution < 1.29 is 19.4 Å². The molecule has 1 atom stereocenters. The van der Waals surface area contributed by atoms with Gasteiger partial charge in [-0.2, -0.15) is 0 Å². The lowest BCUT2D eigenvalue weighted by Crippen LogP contribution is -2.27. The first kappa shape index (κ1) is 52.8. The predicted molar refractivity (Wildman–Crippen MR) is 242 cm³/mol. The normalized spacial score (nSPS) is 13.0. The van der Waals surface area contributed by atoms with Gasteiger partial charge in [0.2, 0.25) is 0 Å².